The van der Waals surface area contributed by atoms with Crippen LogP contribution in [-0.4, -0.2) is 34.2 Å². The van der Waals surface area contributed by atoms with Gasteiger partial charge < -0.3 is 8.84 Å². The van der Waals surface area contributed by atoms with E-state index in [9.17, 15) is 4.79 Å². The topological polar surface area (TPSA) is 51.9 Å². The van der Waals surface area contributed by atoms with Gasteiger partial charge in [-0.2, -0.15) is 0 Å². The number of benzene rings is 1. The Bertz CT molecular complexity index is 689. The number of rotatable bonds is 5. The molecule has 0 aliphatic heterocycles. The van der Waals surface area contributed by atoms with Crippen LogP contribution in [0.5, 0.6) is 0 Å². The molecule has 0 unspecified atom stereocenters. The van der Waals surface area contributed by atoms with E-state index in [1.54, 1.807) is 7.05 Å². The van der Waals surface area contributed by atoms with E-state index in [0.29, 0.717) is 17.8 Å². The minimum absolute atomic E-state index is 0.198. The van der Waals surface area contributed by atoms with Crippen molar-refractivity contribution in [2.75, 3.05) is 14.2 Å². The monoisotopic (exact) mass is 334 g/mol. The Kier molecular flexibility index (Phi) is 5.29. The fourth-order valence-corrected chi connectivity index (χ4v) is 2.80. The lowest BCUT2D eigenvalue weighted by Gasteiger charge is -2.24. The van der Waals surface area contributed by atoms with Crippen molar-refractivity contribution in [3.8, 4) is 0 Å². The number of nitrogens with zero attached hydrogens (tertiary/aromatic N) is 1. The Balaban J connectivity index is 2.17. The third kappa shape index (κ3) is 4.02. The molecule has 0 atom stereocenters. The first-order valence-corrected chi connectivity index (χ1v) is 9.44. The number of hydrogen-bond acceptors (Lipinski definition) is 4. The fraction of sp³-hybridized carbons (Fsp3) is 0.471. The second-order valence-electron chi connectivity index (χ2n) is 6.56. The van der Waals surface area contributed by atoms with Crippen LogP contribution >= 0.6 is 0 Å². The minimum atomic E-state index is -0.886. The second-order valence-corrected chi connectivity index (χ2v) is 9.46. The molecule has 1 heterocycles. The fourth-order valence-electron chi connectivity index (χ4n) is 1.99. The number of carbonyl (C=O) groups excluding carboxylic acids is 1. The standard InChI is InChI=1S/C17H24NO4Si/c1-17(2,3)23(6)22-10-12-7-8-13-14(11-21-15(13)9-12)16(19)18(4)20-5/h7-9,11H,10H2,1-6H3. The lowest BCUT2D eigenvalue weighted by molar-refractivity contribution is -0.0756. The van der Waals surface area contributed by atoms with Crippen molar-refractivity contribution >= 4 is 25.9 Å². The lowest BCUT2D eigenvalue weighted by atomic mass is 10.1. The molecule has 1 amide bonds. The summed E-state index contributed by atoms with van der Waals surface area (Å²) in [5, 5.41) is 2.15. The van der Waals surface area contributed by atoms with Gasteiger partial charge in [-0.3, -0.25) is 9.63 Å². The normalized spacial score (nSPS) is 12.1. The molecule has 0 fully saturated rings. The predicted octanol–water partition coefficient (Wildman–Crippen LogP) is 4.00. The van der Waals surface area contributed by atoms with Crippen LogP contribution < -0.4 is 0 Å². The molecule has 0 aliphatic rings. The molecule has 0 spiro atoms. The first-order chi connectivity index (χ1) is 10.7. The van der Waals surface area contributed by atoms with Gasteiger partial charge in [0.05, 0.1) is 19.3 Å². The summed E-state index contributed by atoms with van der Waals surface area (Å²) in [5.74, 6) is -0.234. The van der Waals surface area contributed by atoms with Crippen molar-refractivity contribution in [1.82, 2.24) is 5.06 Å². The Labute approximate surface area is 138 Å². The Hall–Kier alpha value is -1.63. The zero-order valence-corrected chi connectivity index (χ0v) is 15.6. The third-order valence-electron chi connectivity index (χ3n) is 3.94. The van der Waals surface area contributed by atoms with E-state index in [2.05, 4.69) is 27.3 Å². The van der Waals surface area contributed by atoms with Crippen molar-refractivity contribution in [2.45, 2.75) is 39.0 Å². The highest BCUT2D eigenvalue weighted by Gasteiger charge is 2.24. The van der Waals surface area contributed by atoms with Gasteiger partial charge in [-0.05, 0) is 29.3 Å². The summed E-state index contributed by atoms with van der Waals surface area (Å²) in [7, 11) is 2.14. The summed E-state index contributed by atoms with van der Waals surface area (Å²) in [6, 6.07) is 5.80. The van der Waals surface area contributed by atoms with Crippen molar-refractivity contribution in [2.24, 2.45) is 0 Å². The first kappa shape index (κ1) is 17.7. The number of fused-ring (bicyclic) bond motifs is 1. The van der Waals surface area contributed by atoms with Gasteiger partial charge in [0.1, 0.15) is 11.8 Å². The van der Waals surface area contributed by atoms with Crippen molar-refractivity contribution in [1.29, 1.82) is 0 Å². The summed E-state index contributed by atoms with van der Waals surface area (Å²) in [4.78, 5) is 17.1. The van der Waals surface area contributed by atoms with Crippen LogP contribution in [0.3, 0.4) is 0 Å². The van der Waals surface area contributed by atoms with E-state index in [0.717, 1.165) is 10.9 Å². The molecule has 0 saturated carbocycles. The smallest absolute Gasteiger partial charge is 0.281 e. The van der Waals surface area contributed by atoms with Crippen molar-refractivity contribution < 1.29 is 18.5 Å². The molecule has 1 aromatic carbocycles. The van der Waals surface area contributed by atoms with Gasteiger partial charge in [0.15, 0.2) is 0 Å². The van der Waals surface area contributed by atoms with Crippen LogP contribution in [0.25, 0.3) is 11.0 Å². The maximum absolute atomic E-state index is 12.2. The molecule has 1 radical (unpaired) electrons. The van der Waals surface area contributed by atoms with E-state index >= 15 is 0 Å². The van der Waals surface area contributed by atoms with Crippen molar-refractivity contribution in [3.63, 3.8) is 0 Å². The van der Waals surface area contributed by atoms with Gasteiger partial charge in [-0.1, -0.05) is 26.8 Å². The molecule has 23 heavy (non-hydrogen) atoms. The highest BCUT2D eigenvalue weighted by atomic mass is 28.3. The lowest BCUT2D eigenvalue weighted by Crippen LogP contribution is -2.25. The minimum Gasteiger partial charge on any atom is -0.463 e. The van der Waals surface area contributed by atoms with Crippen LogP contribution in [0.4, 0.5) is 0 Å². The number of amides is 1. The summed E-state index contributed by atoms with van der Waals surface area (Å²) < 4.78 is 11.5. The molecule has 6 heteroatoms. The molecule has 5 nitrogen and oxygen atoms in total. The summed E-state index contributed by atoms with van der Waals surface area (Å²) in [5.41, 5.74) is 2.21. The van der Waals surface area contributed by atoms with Crippen LogP contribution in [-0.2, 0) is 15.9 Å². The maximum atomic E-state index is 12.2. The average Bonchev–Trinajstić information content (AvgIpc) is 2.93. The molecule has 125 valence electrons. The van der Waals surface area contributed by atoms with Gasteiger partial charge in [-0.15, -0.1) is 0 Å². The summed E-state index contributed by atoms with van der Waals surface area (Å²) in [6.07, 6.45) is 1.47. The molecular formula is C17H24NO4Si. The highest BCUT2D eigenvalue weighted by molar-refractivity contribution is 6.53. The van der Waals surface area contributed by atoms with E-state index in [1.807, 2.05) is 18.2 Å². The van der Waals surface area contributed by atoms with E-state index < -0.39 is 9.04 Å². The summed E-state index contributed by atoms with van der Waals surface area (Å²) >= 11 is 0. The largest absolute Gasteiger partial charge is 0.463 e. The van der Waals surface area contributed by atoms with Gasteiger partial charge in [-0.25, -0.2) is 5.06 Å². The van der Waals surface area contributed by atoms with E-state index in [1.165, 1.54) is 18.4 Å². The van der Waals surface area contributed by atoms with Crippen LogP contribution in [0.1, 0.15) is 36.7 Å². The maximum Gasteiger partial charge on any atom is 0.281 e. The molecule has 0 N–H and O–H groups in total. The molecule has 2 aromatic rings. The zero-order valence-electron chi connectivity index (χ0n) is 14.6. The Morgan fingerprint density at radius 2 is 2.04 bits per heavy atom. The van der Waals surface area contributed by atoms with Gasteiger partial charge in [0, 0.05) is 12.4 Å². The van der Waals surface area contributed by atoms with Crippen molar-refractivity contribution in [3.05, 3.63) is 35.6 Å². The first-order valence-electron chi connectivity index (χ1n) is 7.53. The quantitative estimate of drug-likeness (QED) is 0.612. The highest BCUT2D eigenvalue weighted by Crippen LogP contribution is 2.28. The molecule has 1 aromatic heterocycles. The molecule has 0 saturated heterocycles. The molecule has 0 bridgehead atoms. The number of carbonyl (C=O) groups is 1. The van der Waals surface area contributed by atoms with Gasteiger partial charge in [0.25, 0.3) is 5.91 Å². The Morgan fingerprint density at radius 1 is 1.35 bits per heavy atom. The Morgan fingerprint density at radius 3 is 2.65 bits per heavy atom. The average molecular weight is 334 g/mol. The van der Waals surface area contributed by atoms with Crippen LogP contribution in [0, 0.1) is 0 Å². The van der Waals surface area contributed by atoms with Gasteiger partial charge >= 0.3 is 0 Å². The third-order valence-corrected chi connectivity index (χ3v) is 6.63. The summed E-state index contributed by atoms with van der Waals surface area (Å²) in [6.45, 7) is 9.32. The number of furan rings is 1. The predicted molar refractivity (Wildman–Crippen MR) is 91.4 cm³/mol. The number of hydroxylamine groups is 2. The number of hydrogen-bond donors (Lipinski definition) is 0. The zero-order chi connectivity index (χ0) is 17.2. The SMILES string of the molecule is CON(C)C(=O)c1coc2cc(CO[Si](C)C(C)(C)C)ccc12. The molecule has 2 rings (SSSR count). The second kappa shape index (κ2) is 6.86. The van der Waals surface area contributed by atoms with E-state index in [4.69, 9.17) is 13.7 Å². The van der Waals surface area contributed by atoms with Crippen LogP contribution in [0.15, 0.2) is 28.9 Å². The molecule has 0 aliphatic carbocycles. The van der Waals surface area contributed by atoms with Crippen LogP contribution in [0.2, 0.25) is 11.6 Å². The molecular weight excluding hydrogens is 310 g/mol. The van der Waals surface area contributed by atoms with Gasteiger partial charge in [0.2, 0.25) is 9.04 Å². The van der Waals surface area contributed by atoms with E-state index in [-0.39, 0.29) is 10.9 Å².